The number of piperidine rings is 1. The summed E-state index contributed by atoms with van der Waals surface area (Å²) in [4.78, 5) is 12.8. The highest BCUT2D eigenvalue weighted by Gasteiger charge is 2.35. The Labute approximate surface area is 282 Å². The van der Waals surface area contributed by atoms with E-state index in [2.05, 4.69) is 31.9 Å². The summed E-state index contributed by atoms with van der Waals surface area (Å²) in [6.07, 6.45) is 3.64. The molecule has 0 spiro atoms. The van der Waals surface area contributed by atoms with Crippen molar-refractivity contribution in [3.63, 3.8) is 0 Å². The van der Waals surface area contributed by atoms with Gasteiger partial charge < -0.3 is 10.0 Å². The highest BCUT2D eigenvalue weighted by molar-refractivity contribution is 9.11. The van der Waals surface area contributed by atoms with Crippen LogP contribution in [0.1, 0.15) is 49.7 Å². The summed E-state index contributed by atoms with van der Waals surface area (Å²) in [6, 6.07) is 20.5. The summed E-state index contributed by atoms with van der Waals surface area (Å²) in [6.45, 7) is 1.32. The van der Waals surface area contributed by atoms with Crippen molar-refractivity contribution in [1.29, 1.82) is 0 Å². The highest BCUT2D eigenvalue weighted by Crippen LogP contribution is 2.33. The third kappa shape index (κ3) is 8.36. The van der Waals surface area contributed by atoms with Crippen molar-refractivity contribution in [3.05, 3.63) is 92.9 Å². The highest BCUT2D eigenvalue weighted by atomic mass is 79.9. The summed E-state index contributed by atoms with van der Waals surface area (Å²) in [5.74, 6) is -0.00299. The molecule has 13 heteroatoms. The third-order valence-electron chi connectivity index (χ3n) is 8.61. The van der Waals surface area contributed by atoms with Gasteiger partial charge in [-0.05, 0) is 85.2 Å². The van der Waals surface area contributed by atoms with Crippen molar-refractivity contribution in [1.82, 2.24) is 13.5 Å². The fourth-order valence-corrected chi connectivity index (χ4v) is 10.7. The SMILES string of the molecule is O=C(O)N1CCC(CN(Cc2ccccc2)S(=O)(=O)c2ccc(S(=O)(=O)N(Cc3cc(Br)cc(Br)c3)C3CCCC3)cc2)CC1. The lowest BCUT2D eigenvalue weighted by Crippen LogP contribution is -2.42. The number of amides is 1. The van der Waals surface area contributed by atoms with E-state index >= 15 is 0 Å². The van der Waals surface area contributed by atoms with E-state index in [0.717, 1.165) is 45.8 Å². The molecule has 0 aromatic heterocycles. The maximum absolute atomic E-state index is 14.1. The van der Waals surface area contributed by atoms with Gasteiger partial charge in [-0.25, -0.2) is 21.6 Å². The molecular formula is C32H37Br2N3O6S2. The van der Waals surface area contributed by atoms with Crippen molar-refractivity contribution in [2.45, 2.75) is 67.4 Å². The topological polar surface area (TPSA) is 115 Å². The Morgan fingerprint density at radius 2 is 1.31 bits per heavy atom. The lowest BCUT2D eigenvalue weighted by atomic mass is 9.97. The standard InChI is InChI=1S/C32H37Br2N3O6S2/c33-27-18-26(19-28(34)20-27)23-37(29-8-4-5-9-29)45(42,43)31-12-10-30(11-13-31)44(40,41)36(21-24-6-2-1-3-7-24)22-25-14-16-35(17-15-25)32(38)39/h1-3,6-7,10-13,18-20,25,29H,4-5,8-9,14-17,21-23H2,(H,38,39). The summed E-state index contributed by atoms with van der Waals surface area (Å²) in [7, 11) is -7.93. The molecule has 9 nitrogen and oxygen atoms in total. The van der Waals surface area contributed by atoms with Crippen LogP contribution in [0, 0.1) is 5.92 Å². The number of halogens is 2. The van der Waals surface area contributed by atoms with Gasteiger partial charge in [-0.15, -0.1) is 0 Å². The Bertz CT molecular complexity index is 1670. The molecule has 1 aliphatic heterocycles. The van der Waals surface area contributed by atoms with E-state index < -0.39 is 26.1 Å². The fourth-order valence-electron chi connectivity index (χ4n) is 6.18. The van der Waals surface area contributed by atoms with Crippen LogP contribution in [-0.4, -0.2) is 67.2 Å². The van der Waals surface area contributed by atoms with Crippen molar-refractivity contribution in [2.75, 3.05) is 19.6 Å². The molecule has 1 saturated carbocycles. The maximum Gasteiger partial charge on any atom is 0.407 e. The molecule has 0 radical (unpaired) electrons. The van der Waals surface area contributed by atoms with Crippen molar-refractivity contribution >= 4 is 58.0 Å². The van der Waals surface area contributed by atoms with E-state index in [4.69, 9.17) is 0 Å². The van der Waals surface area contributed by atoms with Gasteiger partial charge >= 0.3 is 6.09 Å². The Morgan fingerprint density at radius 1 is 0.756 bits per heavy atom. The van der Waals surface area contributed by atoms with E-state index in [1.54, 1.807) is 4.31 Å². The van der Waals surface area contributed by atoms with Crippen LogP contribution in [0.4, 0.5) is 4.79 Å². The molecule has 1 N–H and O–H groups in total. The number of sulfonamides is 2. The largest absolute Gasteiger partial charge is 0.465 e. The minimum absolute atomic E-state index is 0.00299. The van der Waals surface area contributed by atoms with Crippen LogP contribution in [0.5, 0.6) is 0 Å². The van der Waals surface area contributed by atoms with E-state index in [9.17, 15) is 26.7 Å². The second-order valence-electron chi connectivity index (χ2n) is 11.7. The number of likely N-dealkylation sites (tertiary alicyclic amines) is 1. The average molecular weight is 784 g/mol. The van der Waals surface area contributed by atoms with Crippen molar-refractivity contribution in [2.24, 2.45) is 5.92 Å². The van der Waals surface area contributed by atoms with Crippen molar-refractivity contribution < 1.29 is 26.7 Å². The molecule has 2 aliphatic rings. The lowest BCUT2D eigenvalue weighted by Gasteiger charge is -2.33. The molecule has 1 amide bonds. The Kier molecular flexibility index (Phi) is 11.1. The predicted molar refractivity (Wildman–Crippen MR) is 180 cm³/mol. The Hall–Kier alpha value is -2.29. The molecule has 1 saturated heterocycles. The quantitative estimate of drug-likeness (QED) is 0.226. The minimum atomic E-state index is -4.00. The molecule has 3 aromatic carbocycles. The normalized spacial score (nSPS) is 16.9. The van der Waals surface area contributed by atoms with E-state index in [1.165, 1.54) is 33.5 Å². The summed E-state index contributed by atoms with van der Waals surface area (Å²) >= 11 is 6.99. The van der Waals surface area contributed by atoms with E-state index in [-0.39, 0.29) is 41.4 Å². The molecule has 0 unspecified atom stereocenters. The van der Waals surface area contributed by atoms with E-state index in [0.29, 0.717) is 25.9 Å². The first kappa shape index (κ1) is 34.1. The van der Waals surface area contributed by atoms with Crippen LogP contribution >= 0.6 is 31.9 Å². The molecule has 45 heavy (non-hydrogen) atoms. The first-order valence-electron chi connectivity index (χ1n) is 15.0. The van der Waals surface area contributed by atoms with Crippen LogP contribution in [0.25, 0.3) is 0 Å². The van der Waals surface area contributed by atoms with Gasteiger partial charge in [0, 0.05) is 47.7 Å². The van der Waals surface area contributed by atoms with Crippen LogP contribution in [0.3, 0.4) is 0 Å². The second-order valence-corrected chi connectivity index (χ2v) is 17.4. The first-order valence-corrected chi connectivity index (χ1v) is 19.5. The number of nitrogens with zero attached hydrogens (tertiary/aromatic N) is 3. The zero-order chi connectivity index (χ0) is 32.2. The molecular weight excluding hydrogens is 746 g/mol. The van der Waals surface area contributed by atoms with Gasteiger partial charge in [0.25, 0.3) is 0 Å². The van der Waals surface area contributed by atoms with Gasteiger partial charge in [-0.2, -0.15) is 8.61 Å². The maximum atomic E-state index is 14.1. The summed E-state index contributed by atoms with van der Waals surface area (Å²) < 4.78 is 60.9. The Morgan fingerprint density at radius 3 is 1.87 bits per heavy atom. The monoisotopic (exact) mass is 781 g/mol. The van der Waals surface area contributed by atoms with Crippen LogP contribution < -0.4 is 0 Å². The zero-order valence-corrected chi connectivity index (χ0v) is 29.6. The van der Waals surface area contributed by atoms with Gasteiger partial charge in [0.15, 0.2) is 0 Å². The van der Waals surface area contributed by atoms with Crippen LogP contribution in [-0.2, 0) is 33.1 Å². The number of carboxylic acid groups (broad SMARTS) is 1. The van der Waals surface area contributed by atoms with Gasteiger partial charge in [0.2, 0.25) is 20.0 Å². The lowest BCUT2D eigenvalue weighted by molar-refractivity contribution is 0.120. The molecule has 2 fully saturated rings. The third-order valence-corrected chi connectivity index (χ3v) is 13.3. The molecule has 242 valence electrons. The van der Waals surface area contributed by atoms with Crippen LogP contribution in [0.15, 0.2) is 91.5 Å². The second kappa shape index (κ2) is 14.6. The van der Waals surface area contributed by atoms with E-state index in [1.807, 2.05) is 48.5 Å². The smallest absolute Gasteiger partial charge is 0.407 e. The van der Waals surface area contributed by atoms with Gasteiger partial charge in [-0.1, -0.05) is 75.0 Å². The first-order chi connectivity index (χ1) is 21.4. The minimum Gasteiger partial charge on any atom is -0.465 e. The molecule has 1 heterocycles. The summed E-state index contributed by atoms with van der Waals surface area (Å²) in [5.41, 5.74) is 1.67. The number of hydrogen-bond acceptors (Lipinski definition) is 5. The molecule has 1 aliphatic carbocycles. The fraction of sp³-hybridized carbons (Fsp3) is 0.406. The number of carbonyl (C=O) groups is 1. The van der Waals surface area contributed by atoms with Crippen molar-refractivity contribution in [3.8, 4) is 0 Å². The molecule has 0 bridgehead atoms. The molecule has 5 rings (SSSR count). The molecule has 0 atom stereocenters. The number of rotatable bonds is 11. The zero-order valence-electron chi connectivity index (χ0n) is 24.8. The molecule has 3 aromatic rings. The number of benzene rings is 3. The Balaban J connectivity index is 1.40. The average Bonchev–Trinajstić information content (AvgIpc) is 3.54. The predicted octanol–water partition coefficient (Wildman–Crippen LogP) is 6.93. The van der Waals surface area contributed by atoms with Crippen LogP contribution in [0.2, 0.25) is 0 Å². The van der Waals surface area contributed by atoms with Gasteiger partial charge in [0.1, 0.15) is 0 Å². The van der Waals surface area contributed by atoms with Gasteiger partial charge in [0.05, 0.1) is 9.79 Å². The summed E-state index contributed by atoms with van der Waals surface area (Å²) in [5, 5.41) is 9.32. The number of hydrogen-bond donors (Lipinski definition) is 1. The van der Waals surface area contributed by atoms with Gasteiger partial charge in [-0.3, -0.25) is 0 Å².